The molecule has 1 aliphatic heterocycles. The van der Waals surface area contributed by atoms with Crippen molar-refractivity contribution in [1.82, 2.24) is 4.90 Å². The molecule has 2 N–H and O–H groups in total. The molecule has 1 fully saturated rings. The lowest BCUT2D eigenvalue weighted by atomic mass is 10.0. The van der Waals surface area contributed by atoms with Crippen molar-refractivity contribution in [2.45, 2.75) is 51.1 Å². The van der Waals surface area contributed by atoms with Gasteiger partial charge in [-0.15, -0.1) is 0 Å². The monoisotopic (exact) mass is 254 g/mol. The average Bonchev–Trinajstić information content (AvgIpc) is 2.24. The van der Waals surface area contributed by atoms with Crippen molar-refractivity contribution < 1.29 is 17.9 Å². The van der Waals surface area contributed by atoms with E-state index in [1.165, 1.54) is 4.90 Å². The standard InChI is InChI=1S/C11H21F3N2O/c1-3-9-7-17-8(2)6-16(9)10(4-5-15)11(12,13)14/h8-10H,3-7,15H2,1-2H3. The molecule has 0 radical (unpaired) electrons. The fraction of sp³-hybridized carbons (Fsp3) is 1.00. The van der Waals surface area contributed by atoms with Crippen LogP contribution in [0.25, 0.3) is 0 Å². The van der Waals surface area contributed by atoms with E-state index in [2.05, 4.69) is 0 Å². The molecule has 1 heterocycles. The summed E-state index contributed by atoms with van der Waals surface area (Å²) in [6.07, 6.45) is -3.76. The number of nitrogens with zero attached hydrogens (tertiary/aromatic N) is 1. The molecule has 0 saturated carbocycles. The van der Waals surface area contributed by atoms with Gasteiger partial charge in [0.2, 0.25) is 0 Å². The molecule has 0 bridgehead atoms. The minimum absolute atomic E-state index is 0.0480. The minimum Gasteiger partial charge on any atom is -0.376 e. The van der Waals surface area contributed by atoms with Crippen molar-refractivity contribution in [3.63, 3.8) is 0 Å². The van der Waals surface area contributed by atoms with Gasteiger partial charge >= 0.3 is 6.18 Å². The molecule has 0 aliphatic carbocycles. The Labute approximate surface area is 100 Å². The van der Waals surface area contributed by atoms with Gasteiger partial charge in [0, 0.05) is 12.6 Å². The van der Waals surface area contributed by atoms with Crippen LogP contribution in [0.15, 0.2) is 0 Å². The first-order valence-corrected chi connectivity index (χ1v) is 6.04. The molecular weight excluding hydrogens is 233 g/mol. The van der Waals surface area contributed by atoms with Gasteiger partial charge in [-0.3, -0.25) is 4.90 Å². The van der Waals surface area contributed by atoms with E-state index in [-0.39, 0.29) is 25.1 Å². The summed E-state index contributed by atoms with van der Waals surface area (Å²) in [5, 5.41) is 0. The Balaban J connectivity index is 2.81. The second-order valence-corrected chi connectivity index (χ2v) is 4.54. The van der Waals surface area contributed by atoms with E-state index in [4.69, 9.17) is 10.5 Å². The van der Waals surface area contributed by atoms with Crippen LogP contribution in [0.1, 0.15) is 26.7 Å². The molecule has 3 nitrogen and oxygen atoms in total. The topological polar surface area (TPSA) is 38.5 Å². The largest absolute Gasteiger partial charge is 0.404 e. The average molecular weight is 254 g/mol. The molecule has 1 saturated heterocycles. The lowest BCUT2D eigenvalue weighted by Crippen LogP contribution is -2.58. The normalized spacial score (nSPS) is 29.3. The Morgan fingerprint density at radius 1 is 1.47 bits per heavy atom. The van der Waals surface area contributed by atoms with Gasteiger partial charge in [-0.2, -0.15) is 13.2 Å². The summed E-state index contributed by atoms with van der Waals surface area (Å²) < 4.78 is 44.4. The lowest BCUT2D eigenvalue weighted by molar-refractivity contribution is -0.208. The summed E-state index contributed by atoms with van der Waals surface area (Å²) >= 11 is 0. The highest BCUT2D eigenvalue weighted by atomic mass is 19.4. The van der Waals surface area contributed by atoms with Gasteiger partial charge in [-0.05, 0) is 26.3 Å². The second kappa shape index (κ2) is 6.02. The molecule has 0 aromatic carbocycles. The van der Waals surface area contributed by atoms with Crippen LogP contribution in [0.3, 0.4) is 0 Å². The van der Waals surface area contributed by atoms with Crippen molar-refractivity contribution >= 4 is 0 Å². The van der Waals surface area contributed by atoms with Crippen molar-refractivity contribution in [3.8, 4) is 0 Å². The van der Waals surface area contributed by atoms with Gasteiger partial charge in [0.25, 0.3) is 0 Å². The zero-order valence-corrected chi connectivity index (χ0v) is 10.3. The highest BCUT2D eigenvalue weighted by molar-refractivity contribution is 4.87. The van der Waals surface area contributed by atoms with Crippen molar-refractivity contribution in [3.05, 3.63) is 0 Å². The summed E-state index contributed by atoms with van der Waals surface area (Å²) in [7, 11) is 0. The van der Waals surface area contributed by atoms with Gasteiger partial charge in [0.05, 0.1) is 12.7 Å². The number of halogens is 3. The zero-order chi connectivity index (χ0) is 13.1. The maximum absolute atomic E-state index is 13.0. The number of rotatable bonds is 4. The van der Waals surface area contributed by atoms with E-state index in [9.17, 15) is 13.2 Å². The van der Waals surface area contributed by atoms with Crippen LogP contribution >= 0.6 is 0 Å². The summed E-state index contributed by atoms with van der Waals surface area (Å²) in [6.45, 7) is 4.42. The summed E-state index contributed by atoms with van der Waals surface area (Å²) in [4.78, 5) is 1.51. The van der Waals surface area contributed by atoms with Crippen LogP contribution in [-0.4, -0.2) is 49.0 Å². The Kier molecular flexibility index (Phi) is 5.22. The molecule has 0 aromatic rings. The number of alkyl halides is 3. The van der Waals surface area contributed by atoms with Crippen LogP contribution in [0.5, 0.6) is 0 Å². The zero-order valence-electron chi connectivity index (χ0n) is 10.3. The predicted octanol–water partition coefficient (Wildman–Crippen LogP) is 1.77. The molecule has 0 spiro atoms. The molecule has 1 rings (SSSR count). The molecule has 17 heavy (non-hydrogen) atoms. The van der Waals surface area contributed by atoms with E-state index in [0.29, 0.717) is 19.6 Å². The minimum atomic E-state index is -4.22. The first-order chi connectivity index (χ1) is 7.90. The fourth-order valence-corrected chi connectivity index (χ4v) is 2.28. The molecule has 6 heteroatoms. The smallest absolute Gasteiger partial charge is 0.376 e. The van der Waals surface area contributed by atoms with Crippen molar-refractivity contribution in [2.24, 2.45) is 5.73 Å². The second-order valence-electron chi connectivity index (χ2n) is 4.54. The highest BCUT2D eigenvalue weighted by Crippen LogP contribution is 2.31. The third-order valence-electron chi connectivity index (χ3n) is 3.20. The van der Waals surface area contributed by atoms with E-state index < -0.39 is 12.2 Å². The maximum atomic E-state index is 13.0. The molecule has 3 unspecified atom stereocenters. The Morgan fingerprint density at radius 3 is 2.59 bits per heavy atom. The van der Waals surface area contributed by atoms with Crippen LogP contribution in [-0.2, 0) is 4.74 Å². The number of hydrogen-bond donors (Lipinski definition) is 1. The SMILES string of the molecule is CCC1COC(C)CN1C(CCN)C(F)(F)F. The molecule has 3 atom stereocenters. The first-order valence-electron chi connectivity index (χ1n) is 6.04. The van der Waals surface area contributed by atoms with E-state index in [1.54, 1.807) is 6.92 Å². The predicted molar refractivity (Wildman–Crippen MR) is 59.7 cm³/mol. The number of hydrogen-bond acceptors (Lipinski definition) is 3. The van der Waals surface area contributed by atoms with Crippen LogP contribution in [0.2, 0.25) is 0 Å². The van der Waals surface area contributed by atoms with Gasteiger partial charge in [-0.25, -0.2) is 0 Å². The Bertz CT molecular complexity index is 235. The van der Waals surface area contributed by atoms with Crippen LogP contribution in [0.4, 0.5) is 13.2 Å². The summed E-state index contributed by atoms with van der Waals surface area (Å²) in [6, 6.07) is -1.60. The lowest BCUT2D eigenvalue weighted by Gasteiger charge is -2.43. The number of nitrogens with two attached hydrogens (primary N) is 1. The Hall–Kier alpha value is -0.330. The molecule has 0 aromatic heterocycles. The summed E-state index contributed by atoms with van der Waals surface area (Å²) in [5.41, 5.74) is 5.30. The molecular formula is C11H21F3N2O. The van der Waals surface area contributed by atoms with Gasteiger partial charge in [0.1, 0.15) is 6.04 Å². The highest BCUT2D eigenvalue weighted by Gasteiger charge is 2.46. The number of ether oxygens (including phenoxy) is 1. The first kappa shape index (κ1) is 14.7. The molecule has 1 aliphatic rings. The van der Waals surface area contributed by atoms with E-state index >= 15 is 0 Å². The van der Waals surface area contributed by atoms with Crippen molar-refractivity contribution in [1.29, 1.82) is 0 Å². The fourth-order valence-electron chi connectivity index (χ4n) is 2.28. The Morgan fingerprint density at radius 2 is 2.12 bits per heavy atom. The summed E-state index contributed by atoms with van der Waals surface area (Å²) in [5.74, 6) is 0. The third kappa shape index (κ3) is 3.82. The van der Waals surface area contributed by atoms with Gasteiger partial charge in [-0.1, -0.05) is 6.92 Å². The van der Waals surface area contributed by atoms with Crippen LogP contribution < -0.4 is 5.73 Å². The maximum Gasteiger partial charge on any atom is 0.404 e. The van der Waals surface area contributed by atoms with E-state index in [0.717, 1.165) is 0 Å². The van der Waals surface area contributed by atoms with Crippen LogP contribution in [0, 0.1) is 0 Å². The molecule has 102 valence electrons. The molecule has 0 amide bonds. The third-order valence-corrected chi connectivity index (χ3v) is 3.20. The quantitative estimate of drug-likeness (QED) is 0.831. The number of morpholine rings is 1. The van der Waals surface area contributed by atoms with E-state index in [1.807, 2.05) is 6.92 Å². The van der Waals surface area contributed by atoms with Gasteiger partial charge in [0.15, 0.2) is 0 Å². The van der Waals surface area contributed by atoms with Gasteiger partial charge < -0.3 is 10.5 Å². The van der Waals surface area contributed by atoms with Crippen molar-refractivity contribution in [2.75, 3.05) is 19.7 Å².